The number of aromatic nitrogens is 4. The van der Waals surface area contributed by atoms with Gasteiger partial charge in [-0.15, -0.1) is 0 Å². The van der Waals surface area contributed by atoms with Gasteiger partial charge in [0.25, 0.3) is 0 Å². The summed E-state index contributed by atoms with van der Waals surface area (Å²) in [5.41, 5.74) is 3.15. The smallest absolute Gasteiger partial charge is 0.217 e. The normalized spacial score (nSPS) is 10.7. The number of carbonyl (C=O) groups excluding carboxylic acids is 1. The van der Waals surface area contributed by atoms with Crippen LogP contribution in [-0.4, -0.2) is 26.1 Å². The van der Waals surface area contributed by atoms with E-state index < -0.39 is 0 Å². The second-order valence-electron chi connectivity index (χ2n) is 6.39. The summed E-state index contributed by atoms with van der Waals surface area (Å²) < 4.78 is 0. The van der Waals surface area contributed by atoms with Crippen molar-refractivity contribution >= 4 is 51.6 Å². The molecule has 0 fully saturated rings. The lowest BCUT2D eigenvalue weighted by atomic mass is 10.2. The molecule has 4 aromatic rings. The van der Waals surface area contributed by atoms with Gasteiger partial charge in [-0.2, -0.15) is 5.10 Å². The number of rotatable bonds is 6. The number of nitrogens with zero attached hydrogens (tertiary/aromatic N) is 3. The minimum Gasteiger partial charge on any atom is -0.352 e. The van der Waals surface area contributed by atoms with Gasteiger partial charge < -0.3 is 16.0 Å². The lowest BCUT2D eigenvalue weighted by Crippen LogP contribution is -2.18. The van der Waals surface area contributed by atoms with Crippen molar-refractivity contribution < 1.29 is 4.79 Å². The molecule has 0 aliphatic carbocycles. The first-order valence-corrected chi connectivity index (χ1v) is 9.28. The van der Waals surface area contributed by atoms with Crippen molar-refractivity contribution in [1.82, 2.24) is 25.5 Å². The van der Waals surface area contributed by atoms with Crippen LogP contribution in [0.5, 0.6) is 0 Å². The first-order chi connectivity index (χ1) is 14.1. The molecule has 0 spiro atoms. The van der Waals surface area contributed by atoms with Gasteiger partial charge in [0.2, 0.25) is 5.91 Å². The van der Waals surface area contributed by atoms with Crippen LogP contribution in [0.2, 0.25) is 5.02 Å². The van der Waals surface area contributed by atoms with Crippen LogP contribution in [0, 0.1) is 0 Å². The maximum atomic E-state index is 11.1. The number of benzene rings is 2. The molecule has 8 nitrogen and oxygen atoms in total. The number of H-pyrrole nitrogens is 1. The van der Waals surface area contributed by atoms with Crippen molar-refractivity contribution in [3.63, 3.8) is 0 Å². The van der Waals surface area contributed by atoms with E-state index in [1.807, 2.05) is 42.5 Å². The van der Waals surface area contributed by atoms with E-state index in [2.05, 4.69) is 36.1 Å². The molecule has 29 heavy (non-hydrogen) atoms. The van der Waals surface area contributed by atoms with Gasteiger partial charge in [0.15, 0.2) is 5.65 Å². The highest BCUT2D eigenvalue weighted by molar-refractivity contribution is 6.30. The summed E-state index contributed by atoms with van der Waals surface area (Å²) in [5, 5.41) is 17.9. The molecule has 0 atom stereocenters. The standard InChI is InChI=1S/C20H18ClN7O/c1-12(29)22-10-13-4-2-6-15(8-13)26-20-17-18(23-11-24-19(17)27-28-20)25-16-7-3-5-14(21)9-16/h2-9,11H,10H2,1H3,(H,22,29)(H3,23,24,25,26,27,28). The molecule has 9 heteroatoms. The van der Waals surface area contributed by atoms with E-state index >= 15 is 0 Å². The van der Waals surface area contributed by atoms with Crippen molar-refractivity contribution in [3.05, 3.63) is 65.4 Å². The number of amides is 1. The van der Waals surface area contributed by atoms with E-state index in [0.717, 1.165) is 22.3 Å². The summed E-state index contributed by atoms with van der Waals surface area (Å²) in [6.45, 7) is 1.95. The van der Waals surface area contributed by atoms with E-state index in [0.29, 0.717) is 28.9 Å². The second kappa shape index (κ2) is 8.15. The molecular formula is C20H18ClN7O. The van der Waals surface area contributed by atoms with E-state index in [4.69, 9.17) is 11.6 Å². The van der Waals surface area contributed by atoms with E-state index in [-0.39, 0.29) is 5.91 Å². The Morgan fingerprint density at radius 1 is 1.07 bits per heavy atom. The molecule has 146 valence electrons. The van der Waals surface area contributed by atoms with Crippen LogP contribution in [0.1, 0.15) is 12.5 Å². The number of carbonyl (C=O) groups is 1. The number of aromatic amines is 1. The third-order valence-corrected chi connectivity index (χ3v) is 4.41. The summed E-state index contributed by atoms with van der Waals surface area (Å²) in [6.07, 6.45) is 1.45. The summed E-state index contributed by atoms with van der Waals surface area (Å²) in [4.78, 5) is 19.7. The van der Waals surface area contributed by atoms with Crippen molar-refractivity contribution in [3.8, 4) is 0 Å². The molecule has 4 N–H and O–H groups in total. The zero-order valence-corrected chi connectivity index (χ0v) is 16.3. The van der Waals surface area contributed by atoms with Crippen LogP contribution in [0.3, 0.4) is 0 Å². The Kier molecular flexibility index (Phi) is 5.26. The first kappa shape index (κ1) is 18.7. The monoisotopic (exact) mass is 407 g/mol. The molecule has 0 saturated heterocycles. The van der Waals surface area contributed by atoms with Gasteiger partial charge in [0, 0.05) is 29.9 Å². The second-order valence-corrected chi connectivity index (χ2v) is 6.83. The van der Waals surface area contributed by atoms with Gasteiger partial charge in [0.05, 0.1) is 0 Å². The Bertz CT molecular complexity index is 1170. The van der Waals surface area contributed by atoms with Crippen LogP contribution in [0.15, 0.2) is 54.9 Å². The quantitative estimate of drug-likeness (QED) is 0.383. The van der Waals surface area contributed by atoms with Crippen LogP contribution >= 0.6 is 11.6 Å². The van der Waals surface area contributed by atoms with Gasteiger partial charge in [-0.1, -0.05) is 29.8 Å². The number of nitrogens with one attached hydrogen (secondary N) is 4. The Balaban J connectivity index is 1.63. The van der Waals surface area contributed by atoms with Gasteiger partial charge in [-0.05, 0) is 35.9 Å². The summed E-state index contributed by atoms with van der Waals surface area (Å²) >= 11 is 6.08. The highest BCUT2D eigenvalue weighted by atomic mass is 35.5. The van der Waals surface area contributed by atoms with E-state index in [1.165, 1.54) is 13.3 Å². The molecule has 4 rings (SSSR count). The molecule has 1 amide bonds. The van der Waals surface area contributed by atoms with Crippen molar-refractivity contribution in [2.75, 3.05) is 10.6 Å². The predicted octanol–water partition coefficient (Wildman–Crippen LogP) is 4.13. The molecule has 2 aromatic heterocycles. The molecule has 0 saturated carbocycles. The molecule has 2 aromatic carbocycles. The van der Waals surface area contributed by atoms with Gasteiger partial charge in [-0.3, -0.25) is 9.89 Å². The molecule has 2 heterocycles. The summed E-state index contributed by atoms with van der Waals surface area (Å²) in [5.74, 6) is 1.18. The van der Waals surface area contributed by atoms with Crippen molar-refractivity contribution in [2.24, 2.45) is 0 Å². The molecule has 0 bridgehead atoms. The van der Waals surface area contributed by atoms with Crippen LogP contribution in [-0.2, 0) is 11.3 Å². The Morgan fingerprint density at radius 2 is 1.86 bits per heavy atom. The van der Waals surface area contributed by atoms with Crippen molar-refractivity contribution in [2.45, 2.75) is 13.5 Å². The van der Waals surface area contributed by atoms with Crippen LogP contribution in [0.25, 0.3) is 11.0 Å². The molecule has 0 unspecified atom stereocenters. The molecule has 0 aliphatic rings. The minimum atomic E-state index is -0.0724. The molecular weight excluding hydrogens is 390 g/mol. The topological polar surface area (TPSA) is 108 Å². The first-order valence-electron chi connectivity index (χ1n) is 8.90. The number of hydrogen-bond acceptors (Lipinski definition) is 6. The largest absolute Gasteiger partial charge is 0.352 e. The highest BCUT2D eigenvalue weighted by Crippen LogP contribution is 2.30. The van der Waals surface area contributed by atoms with Crippen molar-refractivity contribution in [1.29, 1.82) is 0 Å². The fourth-order valence-electron chi connectivity index (χ4n) is 2.87. The Morgan fingerprint density at radius 3 is 2.66 bits per heavy atom. The number of hydrogen-bond donors (Lipinski definition) is 4. The van der Waals surface area contributed by atoms with E-state index in [1.54, 1.807) is 6.07 Å². The fourth-order valence-corrected chi connectivity index (χ4v) is 3.06. The highest BCUT2D eigenvalue weighted by Gasteiger charge is 2.13. The lowest BCUT2D eigenvalue weighted by molar-refractivity contribution is -0.119. The third-order valence-electron chi connectivity index (χ3n) is 4.18. The number of anilines is 4. The van der Waals surface area contributed by atoms with Gasteiger partial charge in [0.1, 0.15) is 23.3 Å². The SMILES string of the molecule is CC(=O)NCc1cccc(Nc2[nH]nc3ncnc(Nc4cccc(Cl)c4)c23)c1. The zero-order valence-electron chi connectivity index (χ0n) is 15.5. The fraction of sp³-hybridized carbons (Fsp3) is 0.100. The lowest BCUT2D eigenvalue weighted by Gasteiger charge is -2.10. The maximum absolute atomic E-state index is 11.1. The predicted molar refractivity (Wildman–Crippen MR) is 114 cm³/mol. The minimum absolute atomic E-state index is 0.0724. The summed E-state index contributed by atoms with van der Waals surface area (Å²) in [7, 11) is 0. The van der Waals surface area contributed by atoms with Crippen LogP contribution < -0.4 is 16.0 Å². The number of fused-ring (bicyclic) bond motifs is 1. The Labute approximate surface area is 171 Å². The maximum Gasteiger partial charge on any atom is 0.217 e. The Hall–Kier alpha value is -3.65. The van der Waals surface area contributed by atoms with E-state index in [9.17, 15) is 4.79 Å². The van der Waals surface area contributed by atoms with Gasteiger partial charge in [-0.25, -0.2) is 9.97 Å². The average molecular weight is 408 g/mol. The average Bonchev–Trinajstić information content (AvgIpc) is 3.11. The number of halogens is 1. The molecule has 0 radical (unpaired) electrons. The third kappa shape index (κ3) is 4.44. The van der Waals surface area contributed by atoms with Gasteiger partial charge >= 0.3 is 0 Å². The van der Waals surface area contributed by atoms with Crippen LogP contribution in [0.4, 0.5) is 23.0 Å². The summed E-state index contributed by atoms with van der Waals surface area (Å²) in [6, 6.07) is 15.1. The molecule has 0 aliphatic heterocycles. The zero-order chi connectivity index (χ0) is 20.2.